The van der Waals surface area contributed by atoms with Gasteiger partial charge in [-0.2, -0.15) is 11.8 Å². The van der Waals surface area contributed by atoms with Gasteiger partial charge in [-0.3, -0.25) is 4.79 Å². The van der Waals surface area contributed by atoms with Crippen molar-refractivity contribution in [3.63, 3.8) is 0 Å². The first kappa shape index (κ1) is 22.7. The number of carboxylic acid groups (broad SMARTS) is 1. The van der Waals surface area contributed by atoms with Crippen LogP contribution in [0.3, 0.4) is 0 Å². The van der Waals surface area contributed by atoms with E-state index in [0.29, 0.717) is 22.1 Å². The summed E-state index contributed by atoms with van der Waals surface area (Å²) in [6.45, 7) is 3.78. The standard InChI is InChI=1S/C25H23NO6S/c1-13-4-6-15(7-5-13)19-11-31-21-10-22-16(8-18(19)21)14(2)17(25(30)32-22)9-23(27)26-20(12-33-3)24(28)29/h4-8,10-11,20H,9,12H2,1-3H3,(H,26,27)(H,28,29)/t20-/m1/s1. The third-order valence-electron chi connectivity index (χ3n) is 5.65. The van der Waals surface area contributed by atoms with E-state index in [1.54, 1.807) is 25.5 Å². The molecule has 0 saturated carbocycles. The Morgan fingerprint density at radius 3 is 2.48 bits per heavy atom. The Morgan fingerprint density at radius 2 is 1.82 bits per heavy atom. The van der Waals surface area contributed by atoms with Crippen LogP contribution in [0.15, 0.2) is 56.3 Å². The van der Waals surface area contributed by atoms with Crippen LogP contribution in [0.1, 0.15) is 16.7 Å². The van der Waals surface area contributed by atoms with Gasteiger partial charge in [0.1, 0.15) is 17.2 Å². The van der Waals surface area contributed by atoms with Gasteiger partial charge in [0.2, 0.25) is 5.91 Å². The zero-order valence-corrected chi connectivity index (χ0v) is 19.2. The Hall–Kier alpha value is -3.52. The summed E-state index contributed by atoms with van der Waals surface area (Å²) in [5.74, 6) is -1.44. The van der Waals surface area contributed by atoms with Crippen molar-refractivity contribution < 1.29 is 23.5 Å². The van der Waals surface area contributed by atoms with Crippen molar-refractivity contribution >= 4 is 45.6 Å². The van der Waals surface area contributed by atoms with Gasteiger partial charge in [0.15, 0.2) is 0 Å². The predicted molar refractivity (Wildman–Crippen MR) is 129 cm³/mol. The van der Waals surface area contributed by atoms with E-state index in [1.807, 2.05) is 37.3 Å². The second kappa shape index (κ2) is 9.15. The molecule has 0 aliphatic rings. The molecule has 1 atom stereocenters. The highest BCUT2D eigenvalue weighted by molar-refractivity contribution is 7.98. The maximum absolute atomic E-state index is 12.6. The lowest BCUT2D eigenvalue weighted by molar-refractivity contribution is -0.141. The number of carboxylic acids is 1. The van der Waals surface area contributed by atoms with E-state index in [9.17, 15) is 19.5 Å². The van der Waals surface area contributed by atoms with E-state index in [0.717, 1.165) is 22.1 Å². The van der Waals surface area contributed by atoms with Crippen molar-refractivity contribution in [2.45, 2.75) is 26.3 Å². The quantitative estimate of drug-likeness (QED) is 0.392. The van der Waals surface area contributed by atoms with Crippen LogP contribution in [0.5, 0.6) is 0 Å². The largest absolute Gasteiger partial charge is 0.480 e. The fraction of sp³-hybridized carbons (Fsp3) is 0.240. The first-order chi connectivity index (χ1) is 15.8. The number of amides is 1. The summed E-state index contributed by atoms with van der Waals surface area (Å²) in [4.78, 5) is 36.5. The Morgan fingerprint density at radius 1 is 1.09 bits per heavy atom. The Balaban J connectivity index is 1.74. The first-order valence-corrected chi connectivity index (χ1v) is 11.7. The lowest BCUT2D eigenvalue weighted by Crippen LogP contribution is -2.43. The third-order valence-corrected chi connectivity index (χ3v) is 6.31. The highest BCUT2D eigenvalue weighted by atomic mass is 32.2. The van der Waals surface area contributed by atoms with Gasteiger partial charge in [0.05, 0.1) is 18.2 Å². The van der Waals surface area contributed by atoms with Gasteiger partial charge in [0, 0.05) is 28.2 Å². The number of rotatable bonds is 7. The molecule has 0 saturated heterocycles. The topological polar surface area (TPSA) is 110 Å². The van der Waals surface area contributed by atoms with Gasteiger partial charge in [0.25, 0.3) is 0 Å². The highest BCUT2D eigenvalue weighted by Crippen LogP contribution is 2.34. The number of benzene rings is 2. The van der Waals surface area contributed by atoms with E-state index in [-0.39, 0.29) is 17.7 Å². The van der Waals surface area contributed by atoms with Crippen LogP contribution in [0.4, 0.5) is 0 Å². The van der Waals surface area contributed by atoms with Crippen LogP contribution >= 0.6 is 11.8 Å². The SMILES string of the molecule is CSC[C@@H](NC(=O)Cc1c(C)c2cc3c(-c4ccc(C)cc4)coc3cc2oc1=O)C(=O)O. The first-order valence-electron chi connectivity index (χ1n) is 10.3. The van der Waals surface area contributed by atoms with Crippen molar-refractivity contribution in [2.75, 3.05) is 12.0 Å². The van der Waals surface area contributed by atoms with Crippen molar-refractivity contribution in [3.8, 4) is 11.1 Å². The van der Waals surface area contributed by atoms with Crippen LogP contribution in [0.2, 0.25) is 0 Å². The number of carbonyl (C=O) groups excluding carboxylic acids is 1. The van der Waals surface area contributed by atoms with Crippen molar-refractivity contribution in [1.29, 1.82) is 0 Å². The number of fused-ring (bicyclic) bond motifs is 2. The van der Waals surface area contributed by atoms with E-state index in [4.69, 9.17) is 8.83 Å². The monoisotopic (exact) mass is 465 g/mol. The summed E-state index contributed by atoms with van der Waals surface area (Å²) >= 11 is 1.31. The van der Waals surface area contributed by atoms with Gasteiger partial charge in [-0.15, -0.1) is 0 Å². The van der Waals surface area contributed by atoms with Crippen molar-refractivity contribution in [2.24, 2.45) is 0 Å². The predicted octanol–water partition coefficient (Wildman–Crippen LogP) is 4.30. The summed E-state index contributed by atoms with van der Waals surface area (Å²) in [5.41, 5.74) is 4.22. The van der Waals surface area contributed by atoms with Crippen LogP contribution in [-0.4, -0.2) is 35.0 Å². The van der Waals surface area contributed by atoms with Crippen LogP contribution in [0.25, 0.3) is 33.1 Å². The summed E-state index contributed by atoms with van der Waals surface area (Å²) in [6.07, 6.45) is 3.16. The Kier molecular flexibility index (Phi) is 6.29. The molecular formula is C25H23NO6S. The van der Waals surface area contributed by atoms with Gasteiger partial charge in [-0.1, -0.05) is 29.8 Å². The summed E-state index contributed by atoms with van der Waals surface area (Å²) in [5, 5.41) is 13.3. The minimum atomic E-state index is -1.12. The zero-order valence-electron chi connectivity index (χ0n) is 18.4. The van der Waals surface area contributed by atoms with Crippen molar-refractivity contribution in [3.05, 3.63) is 69.8 Å². The molecule has 0 aliphatic carbocycles. The average Bonchev–Trinajstić information content (AvgIpc) is 3.18. The third kappa shape index (κ3) is 4.52. The number of nitrogens with one attached hydrogen (secondary N) is 1. The maximum atomic E-state index is 12.6. The summed E-state index contributed by atoms with van der Waals surface area (Å²) < 4.78 is 11.2. The number of aryl methyl sites for hydroxylation is 2. The fourth-order valence-electron chi connectivity index (χ4n) is 3.82. The molecular weight excluding hydrogens is 442 g/mol. The second-order valence-corrected chi connectivity index (χ2v) is 8.85. The number of carbonyl (C=O) groups is 2. The molecule has 0 radical (unpaired) electrons. The maximum Gasteiger partial charge on any atom is 0.340 e. The van der Waals surface area contributed by atoms with Crippen LogP contribution in [-0.2, 0) is 16.0 Å². The van der Waals surface area contributed by atoms with Gasteiger partial charge >= 0.3 is 11.6 Å². The number of aliphatic carboxylic acids is 1. The van der Waals surface area contributed by atoms with Crippen molar-refractivity contribution in [1.82, 2.24) is 5.32 Å². The summed E-state index contributed by atoms with van der Waals surface area (Å²) in [7, 11) is 0. The lowest BCUT2D eigenvalue weighted by Gasteiger charge is -2.14. The minimum Gasteiger partial charge on any atom is -0.480 e. The van der Waals surface area contributed by atoms with Crippen LogP contribution in [0, 0.1) is 13.8 Å². The second-order valence-electron chi connectivity index (χ2n) is 7.94. The molecule has 170 valence electrons. The normalized spacial score (nSPS) is 12.2. The molecule has 4 rings (SSSR count). The fourth-order valence-corrected chi connectivity index (χ4v) is 4.38. The number of furan rings is 1. The molecule has 0 bridgehead atoms. The molecule has 2 aromatic heterocycles. The molecule has 7 nitrogen and oxygen atoms in total. The number of hydrogen-bond acceptors (Lipinski definition) is 6. The van der Waals surface area contributed by atoms with E-state index in [1.165, 1.54) is 11.8 Å². The van der Waals surface area contributed by atoms with E-state index >= 15 is 0 Å². The lowest BCUT2D eigenvalue weighted by atomic mass is 9.99. The summed E-state index contributed by atoms with van der Waals surface area (Å²) in [6, 6.07) is 10.6. The smallest absolute Gasteiger partial charge is 0.340 e. The van der Waals surface area contributed by atoms with E-state index < -0.39 is 23.5 Å². The van der Waals surface area contributed by atoms with Gasteiger partial charge in [-0.05, 0) is 37.3 Å². The van der Waals surface area contributed by atoms with Gasteiger partial charge < -0.3 is 19.3 Å². The zero-order chi connectivity index (χ0) is 23.7. The number of hydrogen-bond donors (Lipinski definition) is 2. The molecule has 1 amide bonds. The average molecular weight is 466 g/mol. The molecule has 4 aromatic rings. The van der Waals surface area contributed by atoms with Gasteiger partial charge in [-0.25, -0.2) is 9.59 Å². The minimum absolute atomic E-state index is 0.202. The molecule has 0 unspecified atom stereocenters. The molecule has 2 heterocycles. The Labute approximate surface area is 193 Å². The molecule has 2 N–H and O–H groups in total. The number of thioether (sulfide) groups is 1. The highest BCUT2D eigenvalue weighted by Gasteiger charge is 2.22. The Bertz CT molecular complexity index is 1420. The van der Waals surface area contributed by atoms with Crippen LogP contribution < -0.4 is 10.9 Å². The molecule has 33 heavy (non-hydrogen) atoms. The molecule has 0 spiro atoms. The molecule has 2 aromatic carbocycles. The molecule has 0 fully saturated rings. The van der Waals surface area contributed by atoms with E-state index in [2.05, 4.69) is 5.32 Å². The molecule has 8 heteroatoms. The molecule has 0 aliphatic heterocycles.